The lowest BCUT2D eigenvalue weighted by atomic mass is 10.2. The molecule has 0 bridgehead atoms. The fraction of sp³-hybridized carbons (Fsp3) is 0.769. The Morgan fingerprint density at radius 3 is 2.94 bits per heavy atom. The zero-order valence-corrected chi connectivity index (χ0v) is 13.0. The van der Waals surface area contributed by atoms with Gasteiger partial charge in [0.15, 0.2) is 0 Å². The van der Waals surface area contributed by atoms with E-state index in [2.05, 4.69) is 39.8 Å². The number of ether oxygens (including phenoxy) is 1. The fourth-order valence-electron chi connectivity index (χ4n) is 2.43. The lowest BCUT2D eigenvalue weighted by Crippen LogP contribution is -2.30. The summed E-state index contributed by atoms with van der Waals surface area (Å²) < 4.78 is 8.85. The van der Waals surface area contributed by atoms with Gasteiger partial charge in [-0.2, -0.15) is 5.10 Å². The van der Waals surface area contributed by atoms with Gasteiger partial charge in [-0.25, -0.2) is 0 Å². The second-order valence-corrected chi connectivity index (χ2v) is 5.75. The third-order valence-electron chi connectivity index (χ3n) is 3.41. The molecule has 1 aromatic heterocycles. The van der Waals surface area contributed by atoms with Crippen molar-refractivity contribution >= 4 is 15.9 Å². The molecule has 18 heavy (non-hydrogen) atoms. The first-order valence-corrected chi connectivity index (χ1v) is 7.45. The molecule has 1 aliphatic heterocycles. The average Bonchev–Trinajstić information content (AvgIpc) is 2.53. The van der Waals surface area contributed by atoms with E-state index in [0.29, 0.717) is 6.10 Å². The van der Waals surface area contributed by atoms with Crippen LogP contribution in [0.1, 0.15) is 31.7 Å². The summed E-state index contributed by atoms with van der Waals surface area (Å²) in [6.45, 7) is 8.21. The summed E-state index contributed by atoms with van der Waals surface area (Å²) in [7, 11) is 2.02. The molecule has 0 aliphatic carbocycles. The van der Waals surface area contributed by atoms with Crippen molar-refractivity contribution in [2.75, 3.05) is 19.7 Å². The smallest absolute Gasteiger partial charge is 0.0767 e. The number of hydrogen-bond acceptors (Lipinski definition) is 3. The molecule has 1 unspecified atom stereocenters. The largest absolute Gasteiger partial charge is 0.377 e. The minimum absolute atomic E-state index is 0.324. The van der Waals surface area contributed by atoms with Crippen LogP contribution in [0, 0.1) is 0 Å². The number of halogens is 1. The molecule has 2 heterocycles. The second kappa shape index (κ2) is 6.17. The van der Waals surface area contributed by atoms with Crippen LogP contribution in [0.25, 0.3) is 0 Å². The molecule has 0 amide bonds. The average molecular weight is 316 g/mol. The molecule has 0 saturated carbocycles. The molecule has 1 fully saturated rings. The van der Waals surface area contributed by atoms with Crippen LogP contribution in [0.4, 0.5) is 0 Å². The van der Waals surface area contributed by atoms with Gasteiger partial charge in [-0.1, -0.05) is 6.92 Å². The van der Waals surface area contributed by atoms with Gasteiger partial charge in [0.25, 0.3) is 0 Å². The Balaban J connectivity index is 2.10. The maximum absolute atomic E-state index is 5.68. The van der Waals surface area contributed by atoms with Crippen LogP contribution >= 0.6 is 15.9 Å². The minimum Gasteiger partial charge on any atom is -0.377 e. The SMILES string of the molecule is CCc1nn(C)c(CN2CCCOC(C)C2)c1Br. The monoisotopic (exact) mass is 315 g/mol. The molecule has 1 aromatic rings. The highest BCUT2D eigenvalue weighted by atomic mass is 79.9. The number of rotatable bonds is 3. The Morgan fingerprint density at radius 2 is 2.28 bits per heavy atom. The second-order valence-electron chi connectivity index (χ2n) is 4.95. The molecule has 102 valence electrons. The Labute approximate surface area is 117 Å². The van der Waals surface area contributed by atoms with Crippen LogP contribution in [0.3, 0.4) is 0 Å². The van der Waals surface area contributed by atoms with E-state index in [9.17, 15) is 0 Å². The van der Waals surface area contributed by atoms with Crippen molar-refractivity contribution in [1.29, 1.82) is 0 Å². The summed E-state index contributed by atoms with van der Waals surface area (Å²) in [6.07, 6.45) is 2.40. The van der Waals surface area contributed by atoms with Crippen molar-refractivity contribution in [1.82, 2.24) is 14.7 Å². The minimum atomic E-state index is 0.324. The Hall–Kier alpha value is -0.390. The van der Waals surface area contributed by atoms with Crippen LogP contribution in [0.15, 0.2) is 4.47 Å². The first kappa shape index (κ1) is 14.0. The molecular weight excluding hydrogens is 294 g/mol. The zero-order chi connectivity index (χ0) is 13.1. The molecule has 1 atom stereocenters. The Kier molecular flexibility index (Phi) is 4.81. The predicted octanol–water partition coefficient (Wildman–Crippen LogP) is 2.36. The van der Waals surface area contributed by atoms with Crippen LogP contribution in [0.2, 0.25) is 0 Å². The third kappa shape index (κ3) is 3.13. The van der Waals surface area contributed by atoms with Gasteiger partial charge in [-0.05, 0) is 35.7 Å². The highest BCUT2D eigenvalue weighted by molar-refractivity contribution is 9.10. The summed E-state index contributed by atoms with van der Waals surface area (Å²) in [4.78, 5) is 2.46. The highest BCUT2D eigenvalue weighted by Crippen LogP contribution is 2.23. The molecule has 0 aromatic carbocycles. The summed E-state index contributed by atoms with van der Waals surface area (Å²) in [5, 5.41) is 4.55. The van der Waals surface area contributed by atoms with E-state index in [0.717, 1.165) is 44.8 Å². The summed E-state index contributed by atoms with van der Waals surface area (Å²) >= 11 is 3.68. The molecule has 1 aliphatic rings. The number of hydrogen-bond donors (Lipinski definition) is 0. The molecular formula is C13H22BrN3O. The third-order valence-corrected chi connectivity index (χ3v) is 4.33. The van der Waals surface area contributed by atoms with E-state index >= 15 is 0 Å². The van der Waals surface area contributed by atoms with Crippen molar-refractivity contribution in [2.45, 2.75) is 39.3 Å². The van der Waals surface area contributed by atoms with Crippen LogP contribution < -0.4 is 0 Å². The lowest BCUT2D eigenvalue weighted by molar-refractivity contribution is 0.0664. The van der Waals surface area contributed by atoms with Crippen molar-refractivity contribution in [3.8, 4) is 0 Å². The van der Waals surface area contributed by atoms with Crippen LogP contribution in [0.5, 0.6) is 0 Å². The quantitative estimate of drug-likeness (QED) is 0.857. The molecule has 1 saturated heterocycles. The fourth-order valence-corrected chi connectivity index (χ4v) is 3.17. The van der Waals surface area contributed by atoms with Gasteiger partial charge in [0, 0.05) is 33.3 Å². The van der Waals surface area contributed by atoms with Gasteiger partial charge in [-0.3, -0.25) is 9.58 Å². The van der Waals surface area contributed by atoms with Gasteiger partial charge >= 0.3 is 0 Å². The first-order chi connectivity index (χ1) is 8.61. The standard InChI is InChI=1S/C13H22BrN3O/c1-4-11-13(14)12(16(3)15-11)9-17-6-5-7-18-10(2)8-17/h10H,4-9H2,1-3H3. The van der Waals surface area contributed by atoms with E-state index in [1.165, 1.54) is 10.2 Å². The molecule has 0 N–H and O–H groups in total. The number of aryl methyl sites for hydroxylation is 2. The van der Waals surface area contributed by atoms with Crippen molar-refractivity contribution < 1.29 is 4.74 Å². The Bertz CT molecular complexity index is 405. The van der Waals surface area contributed by atoms with Gasteiger partial charge in [-0.15, -0.1) is 0 Å². The van der Waals surface area contributed by atoms with Crippen LogP contribution in [-0.2, 0) is 24.8 Å². The van der Waals surface area contributed by atoms with Gasteiger partial charge < -0.3 is 4.74 Å². The first-order valence-electron chi connectivity index (χ1n) is 6.66. The normalized spacial score (nSPS) is 22.1. The van der Waals surface area contributed by atoms with Gasteiger partial charge in [0.1, 0.15) is 0 Å². The number of nitrogens with zero attached hydrogens (tertiary/aromatic N) is 3. The van der Waals surface area contributed by atoms with E-state index < -0.39 is 0 Å². The van der Waals surface area contributed by atoms with E-state index in [1.807, 2.05) is 11.7 Å². The van der Waals surface area contributed by atoms with Gasteiger partial charge in [0.2, 0.25) is 0 Å². The molecule has 0 radical (unpaired) electrons. The maximum Gasteiger partial charge on any atom is 0.0767 e. The molecule has 0 spiro atoms. The van der Waals surface area contributed by atoms with Crippen LogP contribution in [-0.4, -0.2) is 40.5 Å². The summed E-state index contributed by atoms with van der Waals surface area (Å²) in [6, 6.07) is 0. The number of aromatic nitrogens is 2. The zero-order valence-electron chi connectivity index (χ0n) is 11.4. The van der Waals surface area contributed by atoms with Crippen molar-refractivity contribution in [3.05, 3.63) is 15.9 Å². The lowest BCUT2D eigenvalue weighted by Gasteiger charge is -2.21. The van der Waals surface area contributed by atoms with E-state index in [4.69, 9.17) is 4.74 Å². The van der Waals surface area contributed by atoms with E-state index in [1.54, 1.807) is 0 Å². The highest BCUT2D eigenvalue weighted by Gasteiger charge is 2.19. The van der Waals surface area contributed by atoms with Gasteiger partial charge in [0.05, 0.1) is 22.0 Å². The van der Waals surface area contributed by atoms with Crippen molar-refractivity contribution in [3.63, 3.8) is 0 Å². The Morgan fingerprint density at radius 1 is 1.50 bits per heavy atom. The molecule has 5 heteroatoms. The maximum atomic E-state index is 5.68. The van der Waals surface area contributed by atoms with Crippen molar-refractivity contribution in [2.24, 2.45) is 7.05 Å². The topological polar surface area (TPSA) is 30.3 Å². The molecule has 2 rings (SSSR count). The summed E-state index contributed by atoms with van der Waals surface area (Å²) in [5.74, 6) is 0. The summed E-state index contributed by atoms with van der Waals surface area (Å²) in [5.41, 5.74) is 2.41. The van der Waals surface area contributed by atoms with E-state index in [-0.39, 0.29) is 0 Å². The predicted molar refractivity (Wildman–Crippen MR) is 75.6 cm³/mol. The molecule has 4 nitrogen and oxygen atoms in total.